The van der Waals surface area contributed by atoms with Crippen LogP contribution in [0.2, 0.25) is 0 Å². The Labute approximate surface area is 170 Å². The summed E-state index contributed by atoms with van der Waals surface area (Å²) in [4.78, 5) is 34.8. The van der Waals surface area contributed by atoms with E-state index >= 15 is 0 Å². The molecule has 0 amide bonds. The molecule has 9 nitrogen and oxygen atoms in total. The van der Waals surface area contributed by atoms with Gasteiger partial charge in [-0.05, 0) is 36.4 Å². The number of benzene rings is 2. The zero-order chi connectivity index (χ0) is 21.7. The van der Waals surface area contributed by atoms with E-state index < -0.39 is 23.3 Å². The van der Waals surface area contributed by atoms with E-state index in [1.54, 1.807) is 12.1 Å². The summed E-state index contributed by atoms with van der Waals surface area (Å²) in [6.07, 6.45) is 0. The number of ether oxygens (including phenoxy) is 3. The van der Waals surface area contributed by atoms with Crippen molar-refractivity contribution in [1.29, 1.82) is 0 Å². The zero-order valence-electron chi connectivity index (χ0n) is 16.1. The Balaban J connectivity index is 1.66. The van der Waals surface area contributed by atoms with E-state index in [4.69, 9.17) is 18.6 Å². The Morgan fingerprint density at radius 1 is 1.00 bits per heavy atom. The van der Waals surface area contributed by atoms with Crippen LogP contribution in [0.3, 0.4) is 0 Å². The third-order valence-electron chi connectivity index (χ3n) is 4.21. The van der Waals surface area contributed by atoms with Crippen LogP contribution in [0.25, 0.3) is 11.3 Å². The Kier molecular flexibility index (Phi) is 6.11. The molecule has 0 N–H and O–H groups in total. The molecule has 1 heterocycles. The van der Waals surface area contributed by atoms with Crippen molar-refractivity contribution in [1.82, 2.24) is 0 Å². The van der Waals surface area contributed by atoms with Crippen molar-refractivity contribution in [3.63, 3.8) is 0 Å². The second-order valence-corrected chi connectivity index (χ2v) is 6.03. The first-order chi connectivity index (χ1) is 14.4. The number of nitrogens with zero attached hydrogens (tertiary/aromatic N) is 1. The van der Waals surface area contributed by atoms with Gasteiger partial charge >= 0.3 is 5.97 Å². The second-order valence-electron chi connectivity index (χ2n) is 6.03. The van der Waals surface area contributed by atoms with Gasteiger partial charge in [-0.25, -0.2) is 4.79 Å². The highest BCUT2D eigenvalue weighted by Crippen LogP contribution is 2.26. The number of ketones is 1. The number of hydrogen-bond donors (Lipinski definition) is 0. The summed E-state index contributed by atoms with van der Waals surface area (Å²) in [6.45, 7) is -0.505. The summed E-state index contributed by atoms with van der Waals surface area (Å²) in [5, 5.41) is 10.7. The van der Waals surface area contributed by atoms with Crippen molar-refractivity contribution < 1.29 is 33.1 Å². The van der Waals surface area contributed by atoms with Gasteiger partial charge < -0.3 is 18.6 Å². The average molecular weight is 411 g/mol. The molecule has 0 saturated heterocycles. The van der Waals surface area contributed by atoms with E-state index in [0.29, 0.717) is 22.8 Å². The molecule has 3 rings (SSSR count). The number of non-ortho nitro benzene ring substituents is 1. The maximum absolute atomic E-state index is 12.4. The van der Waals surface area contributed by atoms with E-state index in [9.17, 15) is 19.7 Å². The Morgan fingerprint density at radius 3 is 2.37 bits per heavy atom. The van der Waals surface area contributed by atoms with Crippen LogP contribution in [0.4, 0.5) is 5.69 Å². The number of carbonyl (C=O) groups excluding carboxylic acids is 2. The molecule has 2 aromatic carbocycles. The number of nitro groups is 1. The lowest BCUT2D eigenvalue weighted by atomic mass is 10.1. The third-order valence-corrected chi connectivity index (χ3v) is 4.21. The van der Waals surface area contributed by atoms with Gasteiger partial charge in [0.1, 0.15) is 17.3 Å². The summed E-state index contributed by atoms with van der Waals surface area (Å²) in [7, 11) is 2.91. The topological polar surface area (TPSA) is 118 Å². The fourth-order valence-electron chi connectivity index (χ4n) is 2.66. The van der Waals surface area contributed by atoms with Gasteiger partial charge in [-0.2, -0.15) is 0 Å². The van der Waals surface area contributed by atoms with Crippen molar-refractivity contribution in [2.45, 2.75) is 0 Å². The van der Waals surface area contributed by atoms with E-state index in [1.165, 1.54) is 56.7 Å². The first-order valence-corrected chi connectivity index (χ1v) is 8.70. The van der Waals surface area contributed by atoms with Gasteiger partial charge in [0.05, 0.1) is 24.7 Å². The molecule has 0 atom stereocenters. The Hall–Kier alpha value is -4.14. The molecule has 0 aliphatic heterocycles. The summed E-state index contributed by atoms with van der Waals surface area (Å²) in [5.74, 6) is -0.213. The number of furan rings is 1. The molecule has 0 aliphatic carbocycles. The molecule has 0 saturated carbocycles. The maximum atomic E-state index is 12.4. The molecule has 0 spiro atoms. The van der Waals surface area contributed by atoms with Crippen LogP contribution in [0.1, 0.15) is 20.9 Å². The number of nitro benzene ring substituents is 1. The second kappa shape index (κ2) is 8.91. The predicted octanol–water partition coefficient (Wildman–Crippen LogP) is 3.91. The molecular weight excluding hydrogens is 394 g/mol. The van der Waals surface area contributed by atoms with Gasteiger partial charge in [-0.15, -0.1) is 0 Å². The molecular formula is C21H17NO8. The molecule has 0 unspecified atom stereocenters. The van der Waals surface area contributed by atoms with Crippen molar-refractivity contribution >= 4 is 17.4 Å². The van der Waals surface area contributed by atoms with Crippen LogP contribution in [0, 0.1) is 10.1 Å². The minimum Gasteiger partial charge on any atom is -0.497 e. The normalized spacial score (nSPS) is 10.3. The monoisotopic (exact) mass is 411 g/mol. The molecule has 0 radical (unpaired) electrons. The van der Waals surface area contributed by atoms with Gasteiger partial charge in [0, 0.05) is 23.8 Å². The van der Waals surface area contributed by atoms with Crippen LogP contribution < -0.4 is 9.47 Å². The van der Waals surface area contributed by atoms with Crippen LogP contribution >= 0.6 is 0 Å². The van der Waals surface area contributed by atoms with Crippen LogP contribution in [-0.4, -0.2) is 37.5 Å². The number of methoxy groups -OCH3 is 2. The van der Waals surface area contributed by atoms with Gasteiger partial charge in [-0.3, -0.25) is 14.9 Å². The van der Waals surface area contributed by atoms with Crippen LogP contribution in [0.5, 0.6) is 11.5 Å². The highest BCUT2D eigenvalue weighted by molar-refractivity contribution is 6.01. The molecule has 0 bridgehead atoms. The Morgan fingerprint density at radius 2 is 1.73 bits per heavy atom. The molecule has 3 aromatic rings. The molecule has 9 heteroatoms. The third kappa shape index (κ3) is 4.46. The van der Waals surface area contributed by atoms with Crippen molar-refractivity contribution in [2.24, 2.45) is 0 Å². The SMILES string of the molecule is COc1ccc(C(=O)COC(=O)c2ccc(-c3ccc([N+](=O)[O-])cc3)o2)c(OC)c1. The standard InChI is InChI=1S/C21H17NO8/c1-27-15-7-8-16(20(11-15)28-2)17(23)12-29-21(24)19-10-9-18(30-19)13-3-5-14(6-4-13)22(25)26/h3-11H,12H2,1-2H3. The zero-order valence-corrected chi connectivity index (χ0v) is 16.1. The van der Waals surface area contributed by atoms with Gasteiger partial charge in [0.25, 0.3) is 5.69 Å². The average Bonchev–Trinajstić information content (AvgIpc) is 3.27. The first kappa shape index (κ1) is 20.6. The lowest BCUT2D eigenvalue weighted by molar-refractivity contribution is -0.384. The summed E-state index contributed by atoms with van der Waals surface area (Å²) < 4.78 is 20.7. The van der Waals surface area contributed by atoms with E-state index in [2.05, 4.69) is 0 Å². The number of carbonyl (C=O) groups is 2. The highest BCUT2D eigenvalue weighted by Gasteiger charge is 2.19. The number of hydrogen-bond acceptors (Lipinski definition) is 8. The minimum atomic E-state index is -0.816. The number of esters is 1. The van der Waals surface area contributed by atoms with Gasteiger partial charge in [0.15, 0.2) is 6.61 Å². The largest absolute Gasteiger partial charge is 0.497 e. The summed E-state index contributed by atoms with van der Waals surface area (Å²) >= 11 is 0. The van der Waals surface area contributed by atoms with E-state index in [1.807, 2.05) is 0 Å². The quantitative estimate of drug-likeness (QED) is 0.237. The lowest BCUT2D eigenvalue weighted by Gasteiger charge is -2.09. The minimum absolute atomic E-state index is 0.0580. The smallest absolute Gasteiger partial charge is 0.374 e. The summed E-state index contributed by atoms with van der Waals surface area (Å²) in [5.41, 5.74) is 0.744. The van der Waals surface area contributed by atoms with Crippen molar-refractivity contribution in [3.8, 4) is 22.8 Å². The van der Waals surface area contributed by atoms with Crippen molar-refractivity contribution in [3.05, 3.63) is 76.0 Å². The molecule has 154 valence electrons. The Bertz CT molecular complexity index is 1080. The molecule has 0 aliphatic rings. The molecule has 30 heavy (non-hydrogen) atoms. The van der Waals surface area contributed by atoms with Crippen LogP contribution in [-0.2, 0) is 4.74 Å². The first-order valence-electron chi connectivity index (χ1n) is 8.70. The lowest BCUT2D eigenvalue weighted by Crippen LogP contribution is -2.14. The van der Waals surface area contributed by atoms with E-state index in [0.717, 1.165) is 0 Å². The fourth-order valence-corrected chi connectivity index (χ4v) is 2.66. The predicted molar refractivity (Wildman–Crippen MR) is 105 cm³/mol. The molecule has 0 fully saturated rings. The number of rotatable bonds is 8. The van der Waals surface area contributed by atoms with E-state index in [-0.39, 0.29) is 17.0 Å². The fraction of sp³-hybridized carbons (Fsp3) is 0.143. The van der Waals surface area contributed by atoms with Crippen LogP contribution in [0.15, 0.2) is 59.0 Å². The van der Waals surface area contributed by atoms with Crippen molar-refractivity contribution in [2.75, 3.05) is 20.8 Å². The highest BCUT2D eigenvalue weighted by atomic mass is 16.6. The van der Waals surface area contributed by atoms with Gasteiger partial charge in [0.2, 0.25) is 11.5 Å². The molecule has 1 aromatic heterocycles. The van der Waals surface area contributed by atoms with Gasteiger partial charge in [-0.1, -0.05) is 0 Å². The number of Topliss-reactive ketones (excluding diaryl/α,β-unsaturated/α-hetero) is 1. The maximum Gasteiger partial charge on any atom is 0.374 e. The summed E-state index contributed by atoms with van der Waals surface area (Å²) in [6, 6.07) is 13.3.